The molecule has 1 saturated heterocycles. The number of hydrogen-bond acceptors (Lipinski definition) is 4. The Morgan fingerprint density at radius 1 is 1.27 bits per heavy atom. The molecule has 4 nitrogen and oxygen atoms in total. The van der Waals surface area contributed by atoms with Gasteiger partial charge in [0.2, 0.25) is 0 Å². The minimum absolute atomic E-state index is 0.00285. The van der Waals surface area contributed by atoms with Gasteiger partial charge in [0, 0.05) is 17.6 Å². The molecule has 0 spiro atoms. The minimum atomic E-state index is -0.414. The van der Waals surface area contributed by atoms with Gasteiger partial charge in [0.05, 0.1) is 18.7 Å². The number of methoxy groups -OCH3 is 1. The molecule has 0 N–H and O–H groups in total. The van der Waals surface area contributed by atoms with Gasteiger partial charge in [-0.15, -0.1) is 0 Å². The normalized spacial score (nSPS) is 16.5. The summed E-state index contributed by atoms with van der Waals surface area (Å²) in [6.07, 6.45) is 1.63. The van der Waals surface area contributed by atoms with Crippen LogP contribution in [0.3, 0.4) is 0 Å². The highest BCUT2D eigenvalue weighted by atomic mass is 79.9. The Balaban J connectivity index is 1.99. The number of benzene rings is 1. The number of carbonyl (C=O) groups is 1. The van der Waals surface area contributed by atoms with Crippen LogP contribution in [0.2, 0.25) is 0 Å². The van der Waals surface area contributed by atoms with E-state index in [0.29, 0.717) is 0 Å². The first-order chi connectivity index (χ1) is 10.3. The molecule has 1 aromatic carbocycles. The van der Waals surface area contributed by atoms with E-state index in [1.807, 2.05) is 32.9 Å². The first-order valence-electron chi connectivity index (χ1n) is 7.61. The highest BCUT2D eigenvalue weighted by molar-refractivity contribution is 9.10. The van der Waals surface area contributed by atoms with Gasteiger partial charge < -0.3 is 14.4 Å². The third kappa shape index (κ3) is 4.38. The molecule has 1 aliphatic heterocycles. The summed E-state index contributed by atoms with van der Waals surface area (Å²) in [5, 5.41) is 0. The summed E-state index contributed by atoms with van der Waals surface area (Å²) >= 11 is 3.46. The van der Waals surface area contributed by atoms with Gasteiger partial charge >= 0.3 is 5.97 Å². The quantitative estimate of drug-likeness (QED) is 0.754. The highest BCUT2D eigenvalue weighted by Crippen LogP contribution is 2.34. The maximum absolute atomic E-state index is 12.2. The third-order valence-electron chi connectivity index (χ3n) is 3.72. The number of rotatable bonds is 3. The van der Waals surface area contributed by atoms with Crippen LogP contribution < -0.4 is 9.64 Å². The monoisotopic (exact) mass is 369 g/mol. The predicted octanol–water partition coefficient (Wildman–Crippen LogP) is 4.02. The molecular formula is C17H24BrNO3. The van der Waals surface area contributed by atoms with E-state index >= 15 is 0 Å². The van der Waals surface area contributed by atoms with Crippen LogP contribution in [0.15, 0.2) is 22.7 Å². The van der Waals surface area contributed by atoms with Crippen molar-refractivity contribution in [3.8, 4) is 5.75 Å². The molecule has 1 aliphatic rings. The second-order valence-electron chi connectivity index (χ2n) is 6.61. The molecule has 5 heteroatoms. The lowest BCUT2D eigenvalue weighted by atomic mass is 9.96. The second-order valence-corrected chi connectivity index (χ2v) is 7.53. The average molecular weight is 370 g/mol. The molecule has 2 rings (SSSR count). The molecule has 0 saturated carbocycles. The molecule has 1 aromatic rings. The smallest absolute Gasteiger partial charge is 0.309 e. The Labute approximate surface area is 140 Å². The molecule has 0 unspecified atom stereocenters. The largest absolute Gasteiger partial charge is 0.495 e. The van der Waals surface area contributed by atoms with Gasteiger partial charge in [-0.05, 0) is 51.8 Å². The number of anilines is 1. The van der Waals surface area contributed by atoms with E-state index in [4.69, 9.17) is 9.47 Å². The predicted molar refractivity (Wildman–Crippen MR) is 91.5 cm³/mol. The first kappa shape index (κ1) is 17.1. The number of ether oxygens (including phenoxy) is 2. The second kappa shape index (κ2) is 6.90. The molecular weight excluding hydrogens is 346 g/mol. The summed E-state index contributed by atoms with van der Waals surface area (Å²) < 4.78 is 11.9. The van der Waals surface area contributed by atoms with E-state index in [9.17, 15) is 4.79 Å². The van der Waals surface area contributed by atoms with Gasteiger partial charge in [0.1, 0.15) is 11.4 Å². The standard InChI is InChI=1S/C17H24BrNO3/c1-17(2,3)22-16(20)12-7-9-19(10-8-12)14-6-5-13(18)11-15(14)21-4/h5-6,11-12H,7-10H2,1-4H3. The summed E-state index contributed by atoms with van der Waals surface area (Å²) in [4.78, 5) is 14.4. The zero-order valence-electron chi connectivity index (χ0n) is 13.7. The van der Waals surface area contributed by atoms with Crippen LogP contribution in [0.5, 0.6) is 5.75 Å². The lowest BCUT2D eigenvalue weighted by Gasteiger charge is -2.34. The molecule has 0 radical (unpaired) electrons. The van der Waals surface area contributed by atoms with Crippen molar-refractivity contribution in [3.63, 3.8) is 0 Å². The van der Waals surface area contributed by atoms with Gasteiger partial charge in [0.25, 0.3) is 0 Å². The topological polar surface area (TPSA) is 38.8 Å². The number of esters is 1. The Kier molecular flexibility index (Phi) is 5.37. The van der Waals surface area contributed by atoms with Crippen LogP contribution in [0, 0.1) is 5.92 Å². The number of halogens is 1. The Morgan fingerprint density at radius 2 is 1.91 bits per heavy atom. The zero-order valence-corrected chi connectivity index (χ0v) is 15.3. The van der Waals surface area contributed by atoms with E-state index in [2.05, 4.69) is 26.9 Å². The van der Waals surface area contributed by atoms with Crippen molar-refractivity contribution < 1.29 is 14.3 Å². The van der Waals surface area contributed by atoms with Gasteiger partial charge in [0.15, 0.2) is 0 Å². The summed E-state index contributed by atoms with van der Waals surface area (Å²) in [6.45, 7) is 7.40. The van der Waals surface area contributed by atoms with Crippen molar-refractivity contribution in [2.45, 2.75) is 39.2 Å². The van der Waals surface area contributed by atoms with Gasteiger partial charge in [-0.25, -0.2) is 0 Å². The van der Waals surface area contributed by atoms with Crippen LogP contribution in [0.25, 0.3) is 0 Å². The summed E-state index contributed by atoms with van der Waals surface area (Å²) in [6, 6.07) is 6.03. The van der Waals surface area contributed by atoms with Crippen LogP contribution >= 0.6 is 15.9 Å². The van der Waals surface area contributed by atoms with E-state index < -0.39 is 5.60 Å². The van der Waals surface area contributed by atoms with Crippen LogP contribution in [-0.2, 0) is 9.53 Å². The SMILES string of the molecule is COc1cc(Br)ccc1N1CCC(C(=O)OC(C)(C)C)CC1. The Morgan fingerprint density at radius 3 is 2.45 bits per heavy atom. The van der Waals surface area contributed by atoms with E-state index in [1.165, 1.54) is 0 Å². The first-order valence-corrected chi connectivity index (χ1v) is 8.41. The lowest BCUT2D eigenvalue weighted by Crippen LogP contribution is -2.39. The van der Waals surface area contributed by atoms with Crippen molar-refractivity contribution >= 4 is 27.6 Å². The summed E-state index contributed by atoms with van der Waals surface area (Å²) in [7, 11) is 1.68. The Hall–Kier alpha value is -1.23. The maximum Gasteiger partial charge on any atom is 0.309 e. The lowest BCUT2D eigenvalue weighted by molar-refractivity contribution is -0.160. The fourth-order valence-corrected chi connectivity index (χ4v) is 2.99. The van der Waals surface area contributed by atoms with Gasteiger partial charge in [-0.1, -0.05) is 15.9 Å². The summed E-state index contributed by atoms with van der Waals surface area (Å²) in [5.41, 5.74) is 0.664. The molecule has 122 valence electrons. The van der Waals surface area contributed by atoms with Gasteiger partial charge in [-0.3, -0.25) is 4.79 Å². The molecule has 0 atom stereocenters. The summed E-state index contributed by atoms with van der Waals surface area (Å²) in [5.74, 6) is 0.775. The van der Waals surface area contributed by atoms with Crippen molar-refractivity contribution in [2.24, 2.45) is 5.92 Å². The molecule has 0 bridgehead atoms. The van der Waals surface area contributed by atoms with E-state index in [1.54, 1.807) is 7.11 Å². The molecule has 0 aromatic heterocycles. The minimum Gasteiger partial charge on any atom is -0.495 e. The number of carbonyl (C=O) groups excluding carboxylic acids is 1. The maximum atomic E-state index is 12.2. The fourth-order valence-electron chi connectivity index (χ4n) is 2.65. The van der Waals surface area contributed by atoms with Crippen molar-refractivity contribution in [1.29, 1.82) is 0 Å². The average Bonchev–Trinajstić information content (AvgIpc) is 2.45. The Bertz CT molecular complexity index is 531. The zero-order chi connectivity index (χ0) is 16.3. The number of piperidine rings is 1. The van der Waals surface area contributed by atoms with Crippen molar-refractivity contribution in [2.75, 3.05) is 25.1 Å². The van der Waals surface area contributed by atoms with E-state index in [0.717, 1.165) is 41.8 Å². The fraction of sp³-hybridized carbons (Fsp3) is 0.588. The van der Waals surface area contributed by atoms with E-state index in [-0.39, 0.29) is 11.9 Å². The molecule has 0 amide bonds. The number of nitrogens with zero attached hydrogens (tertiary/aromatic N) is 1. The molecule has 22 heavy (non-hydrogen) atoms. The molecule has 1 fully saturated rings. The molecule has 0 aliphatic carbocycles. The van der Waals surface area contributed by atoms with Crippen molar-refractivity contribution in [1.82, 2.24) is 0 Å². The van der Waals surface area contributed by atoms with Gasteiger partial charge in [-0.2, -0.15) is 0 Å². The molecule has 1 heterocycles. The third-order valence-corrected chi connectivity index (χ3v) is 4.21. The highest BCUT2D eigenvalue weighted by Gasteiger charge is 2.29. The van der Waals surface area contributed by atoms with Crippen LogP contribution in [0.4, 0.5) is 5.69 Å². The van der Waals surface area contributed by atoms with Crippen molar-refractivity contribution in [3.05, 3.63) is 22.7 Å². The van der Waals surface area contributed by atoms with Crippen LogP contribution in [-0.4, -0.2) is 31.8 Å². The van der Waals surface area contributed by atoms with Crippen LogP contribution in [0.1, 0.15) is 33.6 Å². The number of hydrogen-bond donors (Lipinski definition) is 0.